The number of nitro benzene ring substituents is 1. The highest BCUT2D eigenvalue weighted by Gasteiger charge is 2.37. The first-order valence-corrected chi connectivity index (χ1v) is 7.29. The number of hydrogen-bond donors (Lipinski definition) is 0. The molecule has 0 bridgehead atoms. The maximum absolute atomic E-state index is 12.2. The van der Waals surface area contributed by atoms with E-state index in [0.29, 0.717) is 5.56 Å². The smallest absolute Gasteiger partial charge is 0.331 e. The van der Waals surface area contributed by atoms with Crippen molar-refractivity contribution >= 4 is 23.5 Å². The maximum Gasteiger partial charge on any atom is 0.331 e. The van der Waals surface area contributed by atoms with Crippen molar-refractivity contribution in [3.05, 3.63) is 69.3 Å². The van der Waals surface area contributed by atoms with Crippen LogP contribution in [0.1, 0.15) is 26.3 Å². The summed E-state index contributed by atoms with van der Waals surface area (Å²) < 4.78 is 5.02. The lowest BCUT2D eigenvalue weighted by molar-refractivity contribution is -0.385. The van der Waals surface area contributed by atoms with E-state index < -0.39 is 29.3 Å². The Morgan fingerprint density at radius 3 is 2.28 bits per heavy atom. The number of nitrogens with zero attached hydrogens (tertiary/aromatic N) is 2. The summed E-state index contributed by atoms with van der Waals surface area (Å²) in [6.45, 7) is 1.06. The van der Waals surface area contributed by atoms with Crippen molar-refractivity contribution in [1.29, 1.82) is 0 Å². The molecule has 3 rings (SSSR count). The van der Waals surface area contributed by atoms with Gasteiger partial charge in [-0.25, -0.2) is 4.79 Å². The van der Waals surface area contributed by atoms with Crippen molar-refractivity contribution in [2.75, 3.05) is 6.54 Å². The fourth-order valence-corrected chi connectivity index (χ4v) is 2.52. The Morgan fingerprint density at radius 1 is 1.12 bits per heavy atom. The summed E-state index contributed by atoms with van der Waals surface area (Å²) in [5.41, 5.74) is 0.708. The van der Waals surface area contributed by atoms with Gasteiger partial charge in [-0.3, -0.25) is 24.6 Å². The van der Waals surface area contributed by atoms with Gasteiger partial charge in [-0.1, -0.05) is 18.2 Å². The molecule has 126 valence electrons. The Morgan fingerprint density at radius 2 is 1.72 bits per heavy atom. The number of rotatable bonds is 4. The van der Waals surface area contributed by atoms with Crippen LogP contribution in [0.2, 0.25) is 0 Å². The van der Waals surface area contributed by atoms with Crippen LogP contribution >= 0.6 is 0 Å². The van der Waals surface area contributed by atoms with Crippen LogP contribution in [0, 0.1) is 17.0 Å². The second-order valence-electron chi connectivity index (χ2n) is 5.44. The number of fused-ring (bicyclic) bond motifs is 1. The molecule has 0 radical (unpaired) electrons. The van der Waals surface area contributed by atoms with Crippen molar-refractivity contribution in [2.45, 2.75) is 6.92 Å². The van der Waals surface area contributed by atoms with Gasteiger partial charge < -0.3 is 4.74 Å². The lowest BCUT2D eigenvalue weighted by Crippen LogP contribution is -2.36. The largest absolute Gasteiger partial charge is 0.418 e. The molecule has 0 unspecified atom stereocenters. The van der Waals surface area contributed by atoms with Crippen molar-refractivity contribution in [3.63, 3.8) is 0 Å². The molecule has 0 aliphatic carbocycles. The SMILES string of the molecule is Cc1ccc([N+](=O)[O-])c(OC(=O)CN2C(=O)c3ccccc3C2=O)c1. The molecule has 2 aromatic carbocycles. The number of amides is 2. The molecule has 0 atom stereocenters. The summed E-state index contributed by atoms with van der Waals surface area (Å²) in [5.74, 6) is -2.37. The average Bonchev–Trinajstić information content (AvgIpc) is 2.80. The number of carbonyl (C=O) groups is 3. The fraction of sp³-hybridized carbons (Fsp3) is 0.118. The van der Waals surface area contributed by atoms with E-state index in [-0.39, 0.29) is 22.6 Å². The van der Waals surface area contributed by atoms with Crippen LogP contribution in [0.5, 0.6) is 5.75 Å². The number of carbonyl (C=O) groups excluding carboxylic acids is 3. The quantitative estimate of drug-likeness (QED) is 0.277. The molecule has 0 saturated carbocycles. The minimum Gasteiger partial charge on any atom is -0.418 e. The Balaban J connectivity index is 1.79. The van der Waals surface area contributed by atoms with Crippen molar-refractivity contribution in [3.8, 4) is 5.75 Å². The lowest BCUT2D eigenvalue weighted by atomic mass is 10.1. The van der Waals surface area contributed by atoms with E-state index in [4.69, 9.17) is 4.74 Å². The average molecular weight is 340 g/mol. The zero-order valence-corrected chi connectivity index (χ0v) is 13.1. The highest BCUT2D eigenvalue weighted by molar-refractivity contribution is 6.22. The van der Waals surface area contributed by atoms with Gasteiger partial charge >= 0.3 is 11.7 Å². The number of aryl methyl sites for hydroxylation is 1. The van der Waals surface area contributed by atoms with Gasteiger partial charge in [0.25, 0.3) is 11.8 Å². The third-order valence-electron chi connectivity index (χ3n) is 3.70. The predicted octanol–water partition coefficient (Wildman–Crippen LogP) is 2.10. The molecule has 0 saturated heterocycles. The first kappa shape index (κ1) is 16.3. The first-order valence-electron chi connectivity index (χ1n) is 7.29. The highest BCUT2D eigenvalue weighted by atomic mass is 16.6. The van der Waals surface area contributed by atoms with Gasteiger partial charge in [0, 0.05) is 6.07 Å². The maximum atomic E-state index is 12.2. The molecule has 1 aliphatic heterocycles. The molecular weight excluding hydrogens is 328 g/mol. The molecule has 1 aliphatic rings. The van der Waals surface area contributed by atoms with Crippen molar-refractivity contribution < 1.29 is 24.0 Å². The minimum atomic E-state index is -0.941. The topological polar surface area (TPSA) is 107 Å². The van der Waals surface area contributed by atoms with Gasteiger partial charge in [-0.05, 0) is 30.7 Å². The van der Waals surface area contributed by atoms with E-state index >= 15 is 0 Å². The molecule has 1 heterocycles. The van der Waals surface area contributed by atoms with Crippen molar-refractivity contribution in [2.24, 2.45) is 0 Å². The van der Waals surface area contributed by atoms with Gasteiger partial charge in [0.15, 0.2) is 0 Å². The molecule has 0 fully saturated rings. The van der Waals surface area contributed by atoms with Gasteiger partial charge in [0.1, 0.15) is 6.54 Å². The van der Waals surface area contributed by atoms with E-state index in [9.17, 15) is 24.5 Å². The number of nitro groups is 1. The molecule has 2 aromatic rings. The monoisotopic (exact) mass is 340 g/mol. The number of hydrogen-bond acceptors (Lipinski definition) is 6. The number of benzene rings is 2. The first-order chi connectivity index (χ1) is 11.9. The molecule has 0 N–H and O–H groups in total. The van der Waals surface area contributed by atoms with Crippen LogP contribution in [-0.2, 0) is 4.79 Å². The van der Waals surface area contributed by atoms with Gasteiger partial charge in [-0.15, -0.1) is 0 Å². The molecule has 0 spiro atoms. The zero-order chi connectivity index (χ0) is 18.1. The molecule has 25 heavy (non-hydrogen) atoms. The van der Waals surface area contributed by atoms with Crippen molar-refractivity contribution in [1.82, 2.24) is 4.90 Å². The van der Waals surface area contributed by atoms with E-state index in [1.807, 2.05) is 0 Å². The summed E-state index contributed by atoms with van der Waals surface area (Å²) in [6.07, 6.45) is 0. The van der Waals surface area contributed by atoms with E-state index in [0.717, 1.165) is 4.90 Å². The summed E-state index contributed by atoms with van der Waals surface area (Å²) in [4.78, 5) is 47.6. The molecule has 0 aromatic heterocycles. The highest BCUT2D eigenvalue weighted by Crippen LogP contribution is 2.28. The Labute approximate surface area is 141 Å². The van der Waals surface area contributed by atoms with Crippen LogP contribution in [0.15, 0.2) is 42.5 Å². The predicted molar refractivity (Wildman–Crippen MR) is 85.3 cm³/mol. The van der Waals surface area contributed by atoms with E-state index in [1.54, 1.807) is 19.1 Å². The Bertz CT molecular complexity index is 886. The Kier molecular flexibility index (Phi) is 4.02. The zero-order valence-electron chi connectivity index (χ0n) is 13.1. The third kappa shape index (κ3) is 2.97. The van der Waals surface area contributed by atoms with Gasteiger partial charge in [0.2, 0.25) is 5.75 Å². The van der Waals surface area contributed by atoms with Crippen LogP contribution in [0.3, 0.4) is 0 Å². The fourth-order valence-electron chi connectivity index (χ4n) is 2.52. The lowest BCUT2D eigenvalue weighted by Gasteiger charge is -2.13. The number of imide groups is 1. The van der Waals surface area contributed by atoms with E-state index in [2.05, 4.69) is 0 Å². The van der Waals surface area contributed by atoms with E-state index in [1.165, 1.54) is 30.3 Å². The minimum absolute atomic E-state index is 0.210. The standard InChI is InChI=1S/C17H12N2O6/c1-10-6-7-13(19(23)24)14(8-10)25-15(20)9-18-16(21)11-4-2-3-5-12(11)17(18)22/h2-8H,9H2,1H3. The van der Waals surface area contributed by atoms with Crippen LogP contribution in [0.4, 0.5) is 5.69 Å². The second-order valence-corrected chi connectivity index (χ2v) is 5.44. The second kappa shape index (κ2) is 6.16. The Hall–Kier alpha value is -3.55. The summed E-state index contributed by atoms with van der Waals surface area (Å²) in [7, 11) is 0. The third-order valence-corrected chi connectivity index (χ3v) is 3.70. The molecule has 8 nitrogen and oxygen atoms in total. The van der Waals surface area contributed by atoms with Crippen LogP contribution < -0.4 is 4.74 Å². The summed E-state index contributed by atoms with van der Waals surface area (Å²) in [6, 6.07) is 10.3. The molecule has 8 heteroatoms. The normalized spacial score (nSPS) is 12.9. The summed E-state index contributed by atoms with van der Waals surface area (Å²) in [5, 5.41) is 11.0. The number of ether oxygens (including phenoxy) is 1. The van der Waals surface area contributed by atoms with Gasteiger partial charge in [-0.2, -0.15) is 0 Å². The van der Waals surface area contributed by atoms with Crippen LogP contribution in [-0.4, -0.2) is 34.2 Å². The molecule has 2 amide bonds. The van der Waals surface area contributed by atoms with Crippen LogP contribution in [0.25, 0.3) is 0 Å². The van der Waals surface area contributed by atoms with Gasteiger partial charge in [0.05, 0.1) is 16.1 Å². The summed E-state index contributed by atoms with van der Waals surface area (Å²) >= 11 is 0. The number of esters is 1. The molecular formula is C17H12N2O6.